The molecule has 0 saturated carbocycles. The van der Waals surface area contributed by atoms with Crippen LogP contribution in [0.15, 0.2) is 35.1 Å². The summed E-state index contributed by atoms with van der Waals surface area (Å²) >= 11 is 5.99. The second-order valence-electron chi connectivity index (χ2n) is 4.60. The van der Waals surface area contributed by atoms with Crippen LogP contribution in [0.25, 0.3) is 11.1 Å². The van der Waals surface area contributed by atoms with Crippen LogP contribution in [0.3, 0.4) is 0 Å². The molecule has 7 heteroatoms. The SMILES string of the molecule is Cc1noc2ncnc(NC(CO)c3cccc(Cl)c3)c12. The van der Waals surface area contributed by atoms with Crippen molar-refractivity contribution in [1.29, 1.82) is 0 Å². The van der Waals surface area contributed by atoms with Gasteiger partial charge in [0.15, 0.2) is 0 Å². The standard InChI is InChI=1S/C14H13ClN4O2/c1-8-12-13(16-7-17-14(12)21-19-8)18-11(6-20)9-3-2-4-10(15)5-9/h2-5,7,11,20H,6H2,1H3,(H,16,17,18). The summed E-state index contributed by atoms with van der Waals surface area (Å²) in [6.07, 6.45) is 1.39. The lowest BCUT2D eigenvalue weighted by atomic mass is 10.1. The number of aliphatic hydroxyl groups is 1. The first-order valence-corrected chi connectivity index (χ1v) is 6.76. The number of fused-ring (bicyclic) bond motifs is 1. The molecule has 0 fully saturated rings. The van der Waals surface area contributed by atoms with Gasteiger partial charge in [-0.2, -0.15) is 4.98 Å². The Kier molecular flexibility index (Phi) is 3.72. The number of halogens is 1. The summed E-state index contributed by atoms with van der Waals surface area (Å²) in [7, 11) is 0. The van der Waals surface area contributed by atoms with Crippen LogP contribution in [0.5, 0.6) is 0 Å². The first-order valence-electron chi connectivity index (χ1n) is 6.39. The van der Waals surface area contributed by atoms with Gasteiger partial charge in [0.2, 0.25) is 0 Å². The summed E-state index contributed by atoms with van der Waals surface area (Å²) in [6.45, 7) is 1.71. The third-order valence-corrected chi connectivity index (χ3v) is 3.42. The van der Waals surface area contributed by atoms with Crippen molar-refractivity contribution >= 4 is 28.5 Å². The maximum absolute atomic E-state index is 9.64. The maximum Gasteiger partial charge on any atom is 0.263 e. The predicted molar refractivity (Wildman–Crippen MR) is 79.2 cm³/mol. The summed E-state index contributed by atoms with van der Waals surface area (Å²) in [4.78, 5) is 8.23. The Hall–Kier alpha value is -2.18. The Morgan fingerprint density at radius 3 is 3.00 bits per heavy atom. The van der Waals surface area contributed by atoms with Crippen molar-refractivity contribution in [3.8, 4) is 0 Å². The molecule has 6 nitrogen and oxygen atoms in total. The third kappa shape index (κ3) is 2.68. The number of benzene rings is 1. The van der Waals surface area contributed by atoms with Crippen LogP contribution >= 0.6 is 11.6 Å². The van der Waals surface area contributed by atoms with Gasteiger partial charge in [-0.3, -0.25) is 0 Å². The van der Waals surface area contributed by atoms with Gasteiger partial charge in [-0.05, 0) is 24.6 Å². The zero-order chi connectivity index (χ0) is 14.8. The molecule has 0 saturated heterocycles. The Balaban J connectivity index is 1.98. The summed E-state index contributed by atoms with van der Waals surface area (Å²) in [5, 5.41) is 18.0. The molecular formula is C14H13ClN4O2. The van der Waals surface area contributed by atoms with E-state index in [2.05, 4.69) is 20.4 Å². The molecule has 0 aliphatic rings. The van der Waals surface area contributed by atoms with Gasteiger partial charge in [0.1, 0.15) is 17.5 Å². The minimum absolute atomic E-state index is 0.101. The van der Waals surface area contributed by atoms with Crippen LogP contribution < -0.4 is 5.32 Å². The van der Waals surface area contributed by atoms with E-state index in [1.807, 2.05) is 19.1 Å². The largest absolute Gasteiger partial charge is 0.394 e. The van der Waals surface area contributed by atoms with Gasteiger partial charge in [0.05, 0.1) is 18.3 Å². The van der Waals surface area contributed by atoms with E-state index in [1.54, 1.807) is 12.1 Å². The van der Waals surface area contributed by atoms with Crippen LogP contribution in [0, 0.1) is 6.92 Å². The van der Waals surface area contributed by atoms with E-state index in [9.17, 15) is 5.11 Å². The monoisotopic (exact) mass is 304 g/mol. The van der Waals surface area contributed by atoms with E-state index in [1.165, 1.54) is 6.33 Å². The van der Waals surface area contributed by atoms with E-state index in [0.29, 0.717) is 27.6 Å². The maximum atomic E-state index is 9.64. The fourth-order valence-corrected chi connectivity index (χ4v) is 2.35. The highest BCUT2D eigenvalue weighted by atomic mass is 35.5. The molecule has 2 heterocycles. The number of aliphatic hydroxyl groups excluding tert-OH is 1. The van der Waals surface area contributed by atoms with Crippen LogP contribution in [0.4, 0.5) is 5.82 Å². The summed E-state index contributed by atoms with van der Waals surface area (Å²) in [5.74, 6) is 0.567. The van der Waals surface area contributed by atoms with Crippen molar-refractivity contribution in [3.63, 3.8) is 0 Å². The average molecular weight is 305 g/mol. The van der Waals surface area contributed by atoms with E-state index < -0.39 is 0 Å². The molecule has 0 radical (unpaired) electrons. The van der Waals surface area contributed by atoms with Gasteiger partial charge in [-0.1, -0.05) is 28.9 Å². The molecule has 3 rings (SSSR count). The summed E-state index contributed by atoms with van der Waals surface area (Å²) in [5.41, 5.74) is 1.97. The van der Waals surface area contributed by atoms with Crippen LogP contribution in [-0.2, 0) is 0 Å². The number of nitrogens with one attached hydrogen (secondary N) is 1. The van der Waals surface area contributed by atoms with Crippen molar-refractivity contribution in [1.82, 2.24) is 15.1 Å². The van der Waals surface area contributed by atoms with Crippen molar-refractivity contribution in [2.24, 2.45) is 0 Å². The topological polar surface area (TPSA) is 84.1 Å². The van der Waals surface area contributed by atoms with Crippen LogP contribution in [0.2, 0.25) is 5.02 Å². The number of aryl methyl sites for hydroxylation is 1. The van der Waals surface area contributed by atoms with Gasteiger partial charge < -0.3 is 14.9 Å². The van der Waals surface area contributed by atoms with E-state index in [4.69, 9.17) is 16.1 Å². The molecule has 0 aliphatic carbocycles. The van der Waals surface area contributed by atoms with Crippen molar-refractivity contribution < 1.29 is 9.63 Å². The minimum atomic E-state index is -0.337. The molecule has 108 valence electrons. The van der Waals surface area contributed by atoms with E-state index in [0.717, 1.165) is 5.56 Å². The smallest absolute Gasteiger partial charge is 0.263 e. The zero-order valence-electron chi connectivity index (χ0n) is 11.2. The van der Waals surface area contributed by atoms with Crippen LogP contribution in [-0.4, -0.2) is 26.8 Å². The average Bonchev–Trinajstić information content (AvgIpc) is 2.87. The molecule has 1 unspecified atom stereocenters. The van der Waals surface area contributed by atoms with Crippen molar-refractivity contribution in [2.45, 2.75) is 13.0 Å². The highest BCUT2D eigenvalue weighted by Crippen LogP contribution is 2.27. The molecule has 0 spiro atoms. The first-order chi connectivity index (χ1) is 10.2. The van der Waals surface area contributed by atoms with Crippen LogP contribution in [0.1, 0.15) is 17.3 Å². The Bertz CT molecular complexity index is 775. The fourth-order valence-electron chi connectivity index (χ4n) is 2.15. The second kappa shape index (κ2) is 5.67. The molecular weight excluding hydrogens is 292 g/mol. The number of hydrogen-bond acceptors (Lipinski definition) is 6. The Morgan fingerprint density at radius 1 is 1.38 bits per heavy atom. The van der Waals surface area contributed by atoms with E-state index >= 15 is 0 Å². The molecule has 0 amide bonds. The lowest BCUT2D eigenvalue weighted by Gasteiger charge is -2.17. The highest BCUT2D eigenvalue weighted by Gasteiger charge is 2.16. The highest BCUT2D eigenvalue weighted by molar-refractivity contribution is 6.30. The molecule has 1 aromatic carbocycles. The Labute approximate surface area is 125 Å². The number of aromatic nitrogens is 3. The normalized spacial score (nSPS) is 12.5. The van der Waals surface area contributed by atoms with Crippen molar-refractivity contribution in [2.75, 3.05) is 11.9 Å². The second-order valence-corrected chi connectivity index (χ2v) is 5.04. The molecule has 0 bridgehead atoms. The van der Waals surface area contributed by atoms with Gasteiger partial charge in [0.25, 0.3) is 5.71 Å². The quantitative estimate of drug-likeness (QED) is 0.771. The lowest BCUT2D eigenvalue weighted by Crippen LogP contribution is -2.16. The van der Waals surface area contributed by atoms with Gasteiger partial charge in [-0.25, -0.2) is 4.98 Å². The molecule has 0 aliphatic heterocycles. The summed E-state index contributed by atoms with van der Waals surface area (Å²) in [6, 6.07) is 6.97. The third-order valence-electron chi connectivity index (χ3n) is 3.19. The fraction of sp³-hybridized carbons (Fsp3) is 0.214. The van der Waals surface area contributed by atoms with Crippen molar-refractivity contribution in [3.05, 3.63) is 46.9 Å². The van der Waals surface area contributed by atoms with Gasteiger partial charge in [-0.15, -0.1) is 0 Å². The molecule has 21 heavy (non-hydrogen) atoms. The summed E-state index contributed by atoms with van der Waals surface area (Å²) < 4.78 is 5.10. The van der Waals surface area contributed by atoms with Gasteiger partial charge in [0, 0.05) is 5.02 Å². The first kappa shape index (κ1) is 13.8. The number of anilines is 1. The zero-order valence-corrected chi connectivity index (χ0v) is 12.0. The number of rotatable bonds is 4. The molecule has 2 aromatic heterocycles. The number of hydrogen-bond donors (Lipinski definition) is 2. The molecule has 2 N–H and O–H groups in total. The molecule has 1 atom stereocenters. The Morgan fingerprint density at radius 2 is 2.24 bits per heavy atom. The minimum Gasteiger partial charge on any atom is -0.394 e. The predicted octanol–water partition coefficient (Wildman–Crippen LogP) is 2.73. The van der Waals surface area contributed by atoms with Gasteiger partial charge >= 0.3 is 0 Å². The molecule has 3 aromatic rings. The van der Waals surface area contributed by atoms with E-state index in [-0.39, 0.29) is 12.6 Å². The number of nitrogens with zero attached hydrogens (tertiary/aromatic N) is 3. The lowest BCUT2D eigenvalue weighted by molar-refractivity contribution is 0.276.